The maximum atomic E-state index is 11.2. The second-order valence-corrected chi connectivity index (χ2v) is 3.48. The standard InChI is InChI=1S/C12H13NO4/c1-15-12(14)9-5-11(17-8-9)7-13-6-10-3-2-4-16-10/h2-5,8,13H,6-7H2,1H3. The molecule has 90 valence electrons. The SMILES string of the molecule is COC(=O)c1coc(CNCc2ccco2)c1. The highest BCUT2D eigenvalue weighted by molar-refractivity contribution is 5.88. The molecule has 2 aromatic rings. The topological polar surface area (TPSA) is 64.6 Å². The van der Waals surface area contributed by atoms with Crippen molar-refractivity contribution >= 4 is 5.97 Å². The van der Waals surface area contributed by atoms with Crippen LogP contribution in [0, 0.1) is 0 Å². The van der Waals surface area contributed by atoms with Gasteiger partial charge in [0.2, 0.25) is 0 Å². The van der Waals surface area contributed by atoms with E-state index in [1.807, 2.05) is 12.1 Å². The van der Waals surface area contributed by atoms with Gasteiger partial charge in [-0.15, -0.1) is 0 Å². The fourth-order valence-electron chi connectivity index (χ4n) is 1.42. The van der Waals surface area contributed by atoms with Crippen molar-refractivity contribution < 1.29 is 18.4 Å². The van der Waals surface area contributed by atoms with Gasteiger partial charge in [-0.25, -0.2) is 4.79 Å². The Morgan fingerprint density at radius 1 is 1.35 bits per heavy atom. The molecule has 2 aromatic heterocycles. The number of esters is 1. The number of nitrogens with one attached hydrogen (secondary N) is 1. The zero-order valence-corrected chi connectivity index (χ0v) is 9.43. The average molecular weight is 235 g/mol. The molecule has 0 amide bonds. The van der Waals surface area contributed by atoms with Crippen LogP contribution in [-0.4, -0.2) is 13.1 Å². The molecular weight excluding hydrogens is 222 g/mol. The van der Waals surface area contributed by atoms with Gasteiger partial charge in [0, 0.05) is 0 Å². The molecule has 0 bridgehead atoms. The van der Waals surface area contributed by atoms with Crippen molar-refractivity contribution in [3.05, 3.63) is 47.8 Å². The highest BCUT2D eigenvalue weighted by Gasteiger charge is 2.09. The summed E-state index contributed by atoms with van der Waals surface area (Å²) in [5.74, 6) is 1.13. The number of carbonyl (C=O) groups excluding carboxylic acids is 1. The van der Waals surface area contributed by atoms with Crippen LogP contribution in [0.25, 0.3) is 0 Å². The Balaban J connectivity index is 1.83. The van der Waals surface area contributed by atoms with Crippen molar-refractivity contribution in [1.29, 1.82) is 0 Å². The largest absolute Gasteiger partial charge is 0.468 e. The van der Waals surface area contributed by atoms with Gasteiger partial charge in [0.1, 0.15) is 17.8 Å². The van der Waals surface area contributed by atoms with E-state index >= 15 is 0 Å². The van der Waals surface area contributed by atoms with E-state index in [9.17, 15) is 4.79 Å². The molecule has 0 atom stereocenters. The van der Waals surface area contributed by atoms with E-state index in [0.29, 0.717) is 24.4 Å². The van der Waals surface area contributed by atoms with E-state index in [1.54, 1.807) is 12.3 Å². The summed E-state index contributed by atoms with van der Waals surface area (Å²) < 4.78 is 15.0. The van der Waals surface area contributed by atoms with Crippen LogP contribution in [-0.2, 0) is 17.8 Å². The third-order valence-electron chi connectivity index (χ3n) is 2.25. The molecule has 0 fully saturated rings. The van der Waals surface area contributed by atoms with Gasteiger partial charge >= 0.3 is 5.97 Å². The number of carbonyl (C=O) groups is 1. The number of furan rings is 2. The summed E-state index contributed by atoms with van der Waals surface area (Å²) in [6, 6.07) is 5.37. The van der Waals surface area contributed by atoms with Crippen LogP contribution >= 0.6 is 0 Å². The van der Waals surface area contributed by atoms with Crippen LogP contribution in [0.5, 0.6) is 0 Å². The molecule has 17 heavy (non-hydrogen) atoms. The third kappa shape index (κ3) is 2.98. The van der Waals surface area contributed by atoms with Crippen molar-refractivity contribution in [2.24, 2.45) is 0 Å². The monoisotopic (exact) mass is 235 g/mol. The van der Waals surface area contributed by atoms with Gasteiger partial charge in [0.15, 0.2) is 0 Å². The van der Waals surface area contributed by atoms with Crippen molar-refractivity contribution in [1.82, 2.24) is 5.32 Å². The first-order valence-electron chi connectivity index (χ1n) is 5.18. The molecule has 0 radical (unpaired) electrons. The molecule has 1 N–H and O–H groups in total. The summed E-state index contributed by atoms with van der Waals surface area (Å²) in [5, 5.41) is 3.13. The fourth-order valence-corrected chi connectivity index (χ4v) is 1.42. The Morgan fingerprint density at radius 3 is 2.88 bits per heavy atom. The van der Waals surface area contributed by atoms with Crippen LogP contribution < -0.4 is 5.32 Å². The lowest BCUT2D eigenvalue weighted by molar-refractivity contribution is 0.0600. The predicted molar refractivity (Wildman–Crippen MR) is 59.3 cm³/mol. The van der Waals surface area contributed by atoms with Gasteiger partial charge in [-0.3, -0.25) is 0 Å². The fraction of sp³-hybridized carbons (Fsp3) is 0.250. The Labute approximate surface area is 98.4 Å². The van der Waals surface area contributed by atoms with Gasteiger partial charge in [-0.1, -0.05) is 0 Å². The van der Waals surface area contributed by atoms with E-state index in [0.717, 1.165) is 5.76 Å². The smallest absolute Gasteiger partial charge is 0.341 e. The van der Waals surface area contributed by atoms with E-state index in [1.165, 1.54) is 13.4 Å². The van der Waals surface area contributed by atoms with Gasteiger partial charge < -0.3 is 18.9 Å². The van der Waals surface area contributed by atoms with Crippen molar-refractivity contribution in [2.75, 3.05) is 7.11 Å². The molecule has 0 saturated carbocycles. The third-order valence-corrected chi connectivity index (χ3v) is 2.25. The lowest BCUT2D eigenvalue weighted by Crippen LogP contribution is -2.11. The molecule has 2 rings (SSSR count). The highest BCUT2D eigenvalue weighted by Crippen LogP contribution is 2.09. The first-order chi connectivity index (χ1) is 8.29. The van der Waals surface area contributed by atoms with E-state index in [-0.39, 0.29) is 0 Å². The lowest BCUT2D eigenvalue weighted by Gasteiger charge is -1.98. The Bertz CT molecular complexity index is 472. The van der Waals surface area contributed by atoms with Crippen LogP contribution in [0.2, 0.25) is 0 Å². The van der Waals surface area contributed by atoms with Crippen LogP contribution in [0.15, 0.2) is 39.6 Å². The highest BCUT2D eigenvalue weighted by atomic mass is 16.5. The maximum Gasteiger partial charge on any atom is 0.341 e. The zero-order valence-electron chi connectivity index (χ0n) is 9.43. The van der Waals surface area contributed by atoms with Gasteiger partial charge in [-0.05, 0) is 18.2 Å². The number of hydrogen-bond acceptors (Lipinski definition) is 5. The van der Waals surface area contributed by atoms with Crippen molar-refractivity contribution in [3.8, 4) is 0 Å². The first kappa shape index (κ1) is 11.5. The molecule has 0 unspecified atom stereocenters. The summed E-state index contributed by atoms with van der Waals surface area (Å²) in [6.45, 7) is 1.14. The molecule has 0 aliphatic rings. The summed E-state index contributed by atoms with van der Waals surface area (Å²) in [7, 11) is 1.34. The van der Waals surface area contributed by atoms with Crippen LogP contribution in [0.4, 0.5) is 0 Å². The van der Waals surface area contributed by atoms with Gasteiger partial charge in [0.25, 0.3) is 0 Å². The molecule has 0 aliphatic heterocycles. The van der Waals surface area contributed by atoms with Crippen molar-refractivity contribution in [2.45, 2.75) is 13.1 Å². The average Bonchev–Trinajstić information content (AvgIpc) is 2.99. The first-order valence-corrected chi connectivity index (χ1v) is 5.18. The minimum atomic E-state index is -0.397. The summed E-state index contributed by atoms with van der Waals surface area (Å²) >= 11 is 0. The predicted octanol–water partition coefficient (Wildman–Crippen LogP) is 1.95. The van der Waals surface area contributed by atoms with E-state index < -0.39 is 5.97 Å². The molecule has 2 heterocycles. The number of ether oxygens (including phenoxy) is 1. The molecule has 0 saturated heterocycles. The summed E-state index contributed by atoms with van der Waals surface area (Å²) in [6.07, 6.45) is 3.01. The lowest BCUT2D eigenvalue weighted by atomic mass is 10.3. The van der Waals surface area contributed by atoms with Crippen molar-refractivity contribution in [3.63, 3.8) is 0 Å². The molecule has 0 aromatic carbocycles. The Kier molecular flexibility index (Phi) is 3.62. The van der Waals surface area contributed by atoms with Gasteiger partial charge in [0.05, 0.1) is 32.0 Å². The Morgan fingerprint density at radius 2 is 2.18 bits per heavy atom. The molecule has 5 nitrogen and oxygen atoms in total. The molecule has 0 aliphatic carbocycles. The molecule has 0 spiro atoms. The van der Waals surface area contributed by atoms with E-state index in [2.05, 4.69) is 10.1 Å². The minimum absolute atomic E-state index is 0.397. The normalized spacial score (nSPS) is 10.4. The number of rotatable bonds is 5. The zero-order chi connectivity index (χ0) is 12.1. The number of hydrogen-bond donors (Lipinski definition) is 1. The quantitative estimate of drug-likeness (QED) is 0.802. The summed E-state index contributed by atoms with van der Waals surface area (Å²) in [5.41, 5.74) is 0.419. The number of methoxy groups -OCH3 is 1. The van der Waals surface area contributed by atoms with Crippen LogP contribution in [0.3, 0.4) is 0 Å². The van der Waals surface area contributed by atoms with Crippen LogP contribution in [0.1, 0.15) is 21.9 Å². The summed E-state index contributed by atoms with van der Waals surface area (Å²) in [4.78, 5) is 11.2. The van der Waals surface area contributed by atoms with Gasteiger partial charge in [-0.2, -0.15) is 0 Å². The maximum absolute atomic E-state index is 11.2. The Hall–Kier alpha value is -2.01. The second-order valence-electron chi connectivity index (χ2n) is 3.48. The molecule has 5 heteroatoms. The molecular formula is C12H13NO4. The second kappa shape index (κ2) is 5.36. The van der Waals surface area contributed by atoms with E-state index in [4.69, 9.17) is 8.83 Å². The minimum Gasteiger partial charge on any atom is -0.468 e.